The minimum atomic E-state index is -0.768. The molecule has 0 fully saturated rings. The maximum absolute atomic E-state index is 12.1. The van der Waals surface area contributed by atoms with E-state index in [0.717, 1.165) is 0 Å². The smallest absolute Gasteiger partial charge is 0.327 e. The average molecular weight is 313 g/mol. The molecule has 1 aromatic carbocycles. The van der Waals surface area contributed by atoms with Crippen LogP contribution >= 0.6 is 0 Å². The molecule has 2 heterocycles. The number of hydrogen-bond acceptors (Lipinski definition) is 5. The Morgan fingerprint density at radius 2 is 2.09 bits per heavy atom. The molecule has 0 spiro atoms. The van der Waals surface area contributed by atoms with Crippen molar-refractivity contribution in [2.75, 3.05) is 0 Å². The Labute approximate surface area is 130 Å². The number of imidazole rings is 1. The van der Waals surface area contributed by atoms with Crippen molar-refractivity contribution in [2.24, 2.45) is 5.73 Å². The molecule has 0 aliphatic heterocycles. The van der Waals surface area contributed by atoms with E-state index in [1.54, 1.807) is 12.1 Å². The van der Waals surface area contributed by atoms with Gasteiger partial charge in [0, 0.05) is 11.6 Å². The van der Waals surface area contributed by atoms with Crippen molar-refractivity contribution in [3.63, 3.8) is 0 Å². The molecule has 3 aromatic rings. The van der Waals surface area contributed by atoms with E-state index in [0.29, 0.717) is 11.2 Å². The number of carbonyl (C=O) groups is 1. The van der Waals surface area contributed by atoms with Gasteiger partial charge in [0.25, 0.3) is 5.91 Å². The van der Waals surface area contributed by atoms with E-state index >= 15 is 0 Å². The molecule has 8 nitrogen and oxygen atoms in total. The van der Waals surface area contributed by atoms with Crippen LogP contribution in [0.15, 0.2) is 29.1 Å². The number of aromatic nitrogens is 4. The molecule has 0 saturated heterocycles. The number of fused-ring (bicyclic) bond motifs is 1. The fraction of sp³-hybridized carbons (Fsp3) is 0.200. The molecule has 0 aliphatic rings. The highest BCUT2D eigenvalue weighted by atomic mass is 16.3. The number of nitrogens with two attached hydrogens (primary N) is 1. The van der Waals surface area contributed by atoms with E-state index in [1.165, 1.54) is 16.7 Å². The lowest BCUT2D eigenvalue weighted by atomic mass is 10.2. The Morgan fingerprint density at radius 3 is 2.70 bits per heavy atom. The quantitative estimate of drug-likeness (QED) is 0.669. The van der Waals surface area contributed by atoms with Gasteiger partial charge in [-0.15, -0.1) is 0 Å². The number of H-pyrrole nitrogens is 1. The highest BCUT2D eigenvalue weighted by Gasteiger charge is 2.20. The van der Waals surface area contributed by atoms with Crippen LogP contribution in [0.4, 0.5) is 0 Å². The molecule has 23 heavy (non-hydrogen) atoms. The minimum absolute atomic E-state index is 0.0436. The highest BCUT2D eigenvalue weighted by molar-refractivity contribution is 6.01. The third-order valence-electron chi connectivity index (χ3n) is 3.42. The van der Waals surface area contributed by atoms with Gasteiger partial charge in [0.2, 0.25) is 0 Å². The summed E-state index contributed by atoms with van der Waals surface area (Å²) in [7, 11) is 0. The van der Waals surface area contributed by atoms with Gasteiger partial charge in [0.15, 0.2) is 17.2 Å². The number of phenolic OH excluding ortho intramolecular Hbond substituents is 1. The second-order valence-corrected chi connectivity index (χ2v) is 5.40. The Morgan fingerprint density at radius 1 is 1.35 bits per heavy atom. The Hall–Kier alpha value is -3.16. The number of phenols is 1. The Bertz CT molecular complexity index is 971. The van der Waals surface area contributed by atoms with Crippen LogP contribution in [0.25, 0.3) is 22.6 Å². The Balaban J connectivity index is 2.39. The van der Waals surface area contributed by atoms with E-state index in [4.69, 9.17) is 5.73 Å². The molecular formula is C15H15N5O3. The van der Waals surface area contributed by atoms with Gasteiger partial charge in [-0.1, -0.05) is 12.1 Å². The van der Waals surface area contributed by atoms with E-state index in [9.17, 15) is 14.7 Å². The molecule has 0 radical (unpaired) electrons. The summed E-state index contributed by atoms with van der Waals surface area (Å²) >= 11 is 0. The average Bonchev–Trinajstić information content (AvgIpc) is 2.81. The van der Waals surface area contributed by atoms with Crippen LogP contribution in [-0.4, -0.2) is 30.5 Å². The number of nitrogens with one attached hydrogen (secondary N) is 1. The van der Waals surface area contributed by atoms with Crippen molar-refractivity contribution < 1.29 is 9.90 Å². The molecule has 4 N–H and O–H groups in total. The maximum atomic E-state index is 12.1. The van der Waals surface area contributed by atoms with Gasteiger partial charge in [0.1, 0.15) is 11.3 Å². The van der Waals surface area contributed by atoms with E-state index in [-0.39, 0.29) is 34.5 Å². The molecular weight excluding hydrogens is 298 g/mol. The van der Waals surface area contributed by atoms with Crippen molar-refractivity contribution in [1.82, 2.24) is 19.5 Å². The van der Waals surface area contributed by atoms with Crippen molar-refractivity contribution in [1.29, 1.82) is 0 Å². The SMILES string of the molecule is CC(C)n1c(=O)[nH]c2c(C(N)=O)nc(-c3cccc(O)c3)nc21. The number of rotatable bonds is 3. The largest absolute Gasteiger partial charge is 0.508 e. The van der Waals surface area contributed by atoms with Crippen LogP contribution in [0, 0.1) is 0 Å². The molecule has 0 unspecified atom stereocenters. The van der Waals surface area contributed by atoms with Gasteiger partial charge < -0.3 is 15.8 Å². The molecule has 8 heteroatoms. The molecule has 0 saturated carbocycles. The van der Waals surface area contributed by atoms with Gasteiger partial charge in [-0.2, -0.15) is 0 Å². The molecule has 0 atom stereocenters. The zero-order valence-corrected chi connectivity index (χ0v) is 12.6. The number of hydrogen-bond donors (Lipinski definition) is 3. The van der Waals surface area contributed by atoms with Gasteiger partial charge >= 0.3 is 5.69 Å². The van der Waals surface area contributed by atoms with Crippen LogP contribution in [0.2, 0.25) is 0 Å². The normalized spacial score (nSPS) is 11.3. The first-order chi connectivity index (χ1) is 10.9. The standard InChI is InChI=1S/C15H15N5O3/c1-7(2)20-14-11(18-15(20)23)10(12(16)22)17-13(19-14)8-4-3-5-9(21)6-8/h3-7,21H,1-2H3,(H2,16,22)(H,18,23). The van der Waals surface area contributed by atoms with Crippen molar-refractivity contribution in [3.05, 3.63) is 40.4 Å². The predicted octanol–water partition coefficient (Wildman–Crippen LogP) is 1.17. The first-order valence-electron chi connectivity index (χ1n) is 7.00. The van der Waals surface area contributed by atoms with E-state index in [2.05, 4.69) is 15.0 Å². The summed E-state index contributed by atoms with van der Waals surface area (Å²) in [6.45, 7) is 3.66. The van der Waals surface area contributed by atoms with Crippen LogP contribution in [0.3, 0.4) is 0 Å². The first-order valence-corrected chi connectivity index (χ1v) is 7.00. The predicted molar refractivity (Wildman–Crippen MR) is 84.2 cm³/mol. The number of aromatic hydroxyl groups is 1. The zero-order valence-electron chi connectivity index (χ0n) is 12.6. The van der Waals surface area contributed by atoms with Crippen molar-refractivity contribution >= 4 is 17.1 Å². The maximum Gasteiger partial charge on any atom is 0.327 e. The fourth-order valence-corrected chi connectivity index (χ4v) is 2.43. The number of amides is 1. The number of primary amides is 1. The van der Waals surface area contributed by atoms with Crippen LogP contribution in [-0.2, 0) is 0 Å². The van der Waals surface area contributed by atoms with Gasteiger partial charge in [0.05, 0.1) is 0 Å². The third-order valence-corrected chi connectivity index (χ3v) is 3.42. The second kappa shape index (κ2) is 5.24. The molecule has 1 amide bonds. The van der Waals surface area contributed by atoms with Gasteiger partial charge in [-0.05, 0) is 26.0 Å². The topological polar surface area (TPSA) is 127 Å². The fourth-order valence-electron chi connectivity index (χ4n) is 2.43. The lowest BCUT2D eigenvalue weighted by Crippen LogP contribution is -2.18. The molecule has 3 rings (SSSR count). The zero-order chi connectivity index (χ0) is 16.7. The lowest BCUT2D eigenvalue weighted by molar-refractivity contribution is 0.0997. The Kier molecular flexibility index (Phi) is 3.36. The third kappa shape index (κ3) is 2.44. The van der Waals surface area contributed by atoms with Crippen LogP contribution in [0.5, 0.6) is 5.75 Å². The van der Waals surface area contributed by atoms with Crippen LogP contribution < -0.4 is 11.4 Å². The summed E-state index contributed by atoms with van der Waals surface area (Å²) in [5.41, 5.74) is 5.95. The highest BCUT2D eigenvalue weighted by Crippen LogP contribution is 2.23. The first kappa shape index (κ1) is 14.8. The van der Waals surface area contributed by atoms with E-state index in [1.807, 2.05) is 13.8 Å². The summed E-state index contributed by atoms with van der Waals surface area (Å²) in [6, 6.07) is 6.14. The lowest BCUT2D eigenvalue weighted by Gasteiger charge is -2.08. The summed E-state index contributed by atoms with van der Waals surface area (Å²) in [5.74, 6) is -0.520. The van der Waals surface area contributed by atoms with Gasteiger partial charge in [-0.3, -0.25) is 9.36 Å². The van der Waals surface area contributed by atoms with Crippen molar-refractivity contribution in [3.8, 4) is 17.1 Å². The summed E-state index contributed by atoms with van der Waals surface area (Å²) in [6.07, 6.45) is 0. The summed E-state index contributed by atoms with van der Waals surface area (Å²) in [4.78, 5) is 34.9. The van der Waals surface area contributed by atoms with Gasteiger partial charge in [-0.25, -0.2) is 14.8 Å². The number of nitrogens with zero attached hydrogens (tertiary/aromatic N) is 3. The molecule has 0 bridgehead atoms. The number of benzene rings is 1. The molecule has 118 valence electrons. The number of carbonyl (C=O) groups excluding carboxylic acids is 1. The summed E-state index contributed by atoms with van der Waals surface area (Å²) < 4.78 is 1.43. The molecule has 0 aliphatic carbocycles. The van der Waals surface area contributed by atoms with Crippen molar-refractivity contribution in [2.45, 2.75) is 19.9 Å². The minimum Gasteiger partial charge on any atom is -0.508 e. The second-order valence-electron chi connectivity index (χ2n) is 5.40. The number of aromatic amines is 1. The monoisotopic (exact) mass is 313 g/mol. The summed E-state index contributed by atoms with van der Waals surface area (Å²) in [5, 5.41) is 9.60. The van der Waals surface area contributed by atoms with E-state index < -0.39 is 5.91 Å². The molecule has 2 aromatic heterocycles. The van der Waals surface area contributed by atoms with Crippen LogP contribution in [0.1, 0.15) is 30.4 Å².